The van der Waals surface area contributed by atoms with Crippen LogP contribution < -0.4 is 10.1 Å². The SMILES string of the molecule is C=C[C@@H]1COc2c(cnc(C)c2Cl)CN1. The number of nitrogens with zero attached hydrogens (tertiary/aromatic N) is 1. The van der Waals surface area contributed by atoms with Crippen molar-refractivity contribution in [3.8, 4) is 5.75 Å². The van der Waals surface area contributed by atoms with Crippen LogP contribution in [-0.4, -0.2) is 17.6 Å². The Kier molecular flexibility index (Phi) is 2.93. The first-order chi connectivity index (χ1) is 7.22. The van der Waals surface area contributed by atoms with Gasteiger partial charge in [-0.05, 0) is 6.92 Å². The maximum Gasteiger partial charge on any atom is 0.145 e. The molecule has 1 atom stereocenters. The minimum absolute atomic E-state index is 0.161. The van der Waals surface area contributed by atoms with E-state index in [9.17, 15) is 0 Å². The number of aromatic nitrogens is 1. The summed E-state index contributed by atoms with van der Waals surface area (Å²) < 4.78 is 5.66. The highest BCUT2D eigenvalue weighted by atomic mass is 35.5. The highest BCUT2D eigenvalue weighted by Gasteiger charge is 2.18. The van der Waals surface area contributed by atoms with Gasteiger partial charge in [-0.1, -0.05) is 17.7 Å². The van der Waals surface area contributed by atoms with Crippen molar-refractivity contribution < 1.29 is 4.74 Å². The van der Waals surface area contributed by atoms with Gasteiger partial charge >= 0.3 is 0 Å². The number of fused-ring (bicyclic) bond motifs is 1. The average Bonchev–Trinajstić information content (AvgIpc) is 2.46. The first-order valence-electron chi connectivity index (χ1n) is 4.85. The molecule has 0 saturated heterocycles. The molecule has 0 spiro atoms. The van der Waals surface area contributed by atoms with Crippen LogP contribution in [0, 0.1) is 6.92 Å². The van der Waals surface area contributed by atoms with Crippen LogP contribution in [0.3, 0.4) is 0 Å². The number of ether oxygens (including phenoxy) is 1. The van der Waals surface area contributed by atoms with Gasteiger partial charge in [-0.15, -0.1) is 6.58 Å². The minimum atomic E-state index is 0.161. The van der Waals surface area contributed by atoms with E-state index in [-0.39, 0.29) is 6.04 Å². The van der Waals surface area contributed by atoms with Crippen molar-refractivity contribution in [2.45, 2.75) is 19.5 Å². The smallest absolute Gasteiger partial charge is 0.145 e. The quantitative estimate of drug-likeness (QED) is 0.742. The number of halogens is 1. The molecule has 2 rings (SSSR count). The lowest BCUT2D eigenvalue weighted by Gasteiger charge is -2.10. The van der Waals surface area contributed by atoms with Crippen LogP contribution in [0.15, 0.2) is 18.9 Å². The molecule has 0 fully saturated rings. The summed E-state index contributed by atoms with van der Waals surface area (Å²) in [6, 6.07) is 0.161. The van der Waals surface area contributed by atoms with Crippen molar-refractivity contribution in [2.24, 2.45) is 0 Å². The molecule has 3 nitrogen and oxygen atoms in total. The third-order valence-electron chi connectivity index (χ3n) is 2.47. The molecule has 0 unspecified atom stereocenters. The summed E-state index contributed by atoms with van der Waals surface area (Å²) in [4.78, 5) is 4.21. The molecule has 0 radical (unpaired) electrons. The number of rotatable bonds is 1. The normalized spacial score (nSPS) is 20.0. The van der Waals surface area contributed by atoms with Crippen LogP contribution in [-0.2, 0) is 6.54 Å². The van der Waals surface area contributed by atoms with E-state index in [2.05, 4.69) is 16.9 Å². The zero-order valence-electron chi connectivity index (χ0n) is 8.59. The lowest BCUT2D eigenvalue weighted by atomic mass is 10.2. The van der Waals surface area contributed by atoms with Gasteiger partial charge in [0.1, 0.15) is 17.4 Å². The van der Waals surface area contributed by atoms with Crippen LogP contribution in [0.5, 0.6) is 5.75 Å². The van der Waals surface area contributed by atoms with Crippen molar-refractivity contribution in [1.82, 2.24) is 10.3 Å². The highest BCUT2D eigenvalue weighted by Crippen LogP contribution is 2.31. The van der Waals surface area contributed by atoms with Gasteiger partial charge in [-0.2, -0.15) is 0 Å². The van der Waals surface area contributed by atoms with Gasteiger partial charge in [0.05, 0.1) is 11.7 Å². The predicted octanol–water partition coefficient (Wildman–Crippen LogP) is 2.08. The first-order valence-corrected chi connectivity index (χ1v) is 5.23. The summed E-state index contributed by atoms with van der Waals surface area (Å²) in [5.74, 6) is 0.751. The number of pyridine rings is 1. The van der Waals surface area contributed by atoms with Crippen molar-refractivity contribution in [3.63, 3.8) is 0 Å². The second-order valence-corrected chi connectivity index (χ2v) is 3.92. The van der Waals surface area contributed by atoms with Crippen molar-refractivity contribution in [2.75, 3.05) is 6.61 Å². The van der Waals surface area contributed by atoms with Crippen LogP contribution in [0.25, 0.3) is 0 Å². The van der Waals surface area contributed by atoms with E-state index >= 15 is 0 Å². The maximum absolute atomic E-state index is 6.13. The standard InChI is InChI=1S/C11H13ClN2O/c1-3-9-6-15-11-8(5-14-9)4-13-7(2)10(11)12/h3-4,9,14H,1,5-6H2,2H3/t9-/m1/s1. The van der Waals surface area contributed by atoms with E-state index in [0.717, 1.165) is 17.0 Å². The summed E-state index contributed by atoms with van der Waals surface area (Å²) in [6.07, 6.45) is 3.63. The Morgan fingerprint density at radius 2 is 2.53 bits per heavy atom. The Hall–Kier alpha value is -1.06. The van der Waals surface area contributed by atoms with Gasteiger partial charge in [-0.25, -0.2) is 0 Å². The molecule has 1 aromatic rings. The van der Waals surface area contributed by atoms with Gasteiger partial charge < -0.3 is 10.1 Å². The van der Waals surface area contributed by atoms with Crippen molar-refractivity contribution >= 4 is 11.6 Å². The molecule has 1 N–H and O–H groups in total. The van der Waals surface area contributed by atoms with Crippen LogP contribution >= 0.6 is 11.6 Å². The molecule has 1 aromatic heterocycles. The molecule has 0 amide bonds. The van der Waals surface area contributed by atoms with Gasteiger partial charge in [-0.3, -0.25) is 4.98 Å². The Morgan fingerprint density at radius 1 is 1.73 bits per heavy atom. The monoisotopic (exact) mass is 224 g/mol. The molecular formula is C11H13ClN2O. The zero-order valence-corrected chi connectivity index (χ0v) is 9.34. The summed E-state index contributed by atoms with van der Waals surface area (Å²) in [6.45, 7) is 6.87. The molecule has 4 heteroatoms. The lowest BCUT2D eigenvalue weighted by Crippen LogP contribution is -2.29. The number of aryl methyl sites for hydroxylation is 1. The molecule has 2 heterocycles. The molecular weight excluding hydrogens is 212 g/mol. The molecule has 15 heavy (non-hydrogen) atoms. The minimum Gasteiger partial charge on any atom is -0.490 e. The summed E-state index contributed by atoms with van der Waals surface area (Å²) in [5, 5.41) is 3.90. The predicted molar refractivity (Wildman–Crippen MR) is 60.3 cm³/mol. The third kappa shape index (κ3) is 1.98. The Bertz CT molecular complexity index is 392. The lowest BCUT2D eigenvalue weighted by molar-refractivity contribution is 0.300. The summed E-state index contributed by atoms with van der Waals surface area (Å²) in [5.41, 5.74) is 1.79. The van der Waals surface area contributed by atoms with E-state index in [1.54, 1.807) is 6.20 Å². The fourth-order valence-electron chi connectivity index (χ4n) is 1.50. The van der Waals surface area contributed by atoms with Gasteiger partial charge in [0.25, 0.3) is 0 Å². The van der Waals surface area contributed by atoms with E-state index in [1.807, 2.05) is 13.0 Å². The topological polar surface area (TPSA) is 34.1 Å². The van der Waals surface area contributed by atoms with E-state index in [1.165, 1.54) is 0 Å². The van der Waals surface area contributed by atoms with Crippen molar-refractivity contribution in [3.05, 3.63) is 35.1 Å². The average molecular weight is 225 g/mol. The zero-order chi connectivity index (χ0) is 10.8. The van der Waals surface area contributed by atoms with Gasteiger partial charge in [0, 0.05) is 18.3 Å². The summed E-state index contributed by atoms with van der Waals surface area (Å²) >= 11 is 6.13. The molecule has 0 saturated carbocycles. The largest absolute Gasteiger partial charge is 0.490 e. The molecule has 1 aliphatic heterocycles. The molecule has 80 valence electrons. The fourth-order valence-corrected chi connectivity index (χ4v) is 1.73. The Morgan fingerprint density at radius 3 is 3.27 bits per heavy atom. The van der Waals surface area contributed by atoms with Gasteiger partial charge in [0.15, 0.2) is 0 Å². The second-order valence-electron chi connectivity index (χ2n) is 3.55. The van der Waals surface area contributed by atoms with E-state index in [4.69, 9.17) is 16.3 Å². The van der Waals surface area contributed by atoms with E-state index in [0.29, 0.717) is 18.2 Å². The number of nitrogens with one attached hydrogen (secondary N) is 1. The number of hydrogen-bond acceptors (Lipinski definition) is 3. The number of hydrogen-bond donors (Lipinski definition) is 1. The molecule has 0 bridgehead atoms. The van der Waals surface area contributed by atoms with Crippen molar-refractivity contribution in [1.29, 1.82) is 0 Å². The molecule has 0 aromatic carbocycles. The van der Waals surface area contributed by atoms with Gasteiger partial charge in [0.2, 0.25) is 0 Å². The van der Waals surface area contributed by atoms with Crippen LogP contribution in [0.4, 0.5) is 0 Å². The Balaban J connectivity index is 2.35. The maximum atomic E-state index is 6.13. The van der Waals surface area contributed by atoms with Crippen LogP contribution in [0.2, 0.25) is 5.02 Å². The fraction of sp³-hybridized carbons (Fsp3) is 0.364. The van der Waals surface area contributed by atoms with E-state index < -0.39 is 0 Å². The first kappa shape index (κ1) is 10.5. The third-order valence-corrected chi connectivity index (χ3v) is 2.91. The molecule has 1 aliphatic rings. The summed E-state index contributed by atoms with van der Waals surface area (Å²) in [7, 11) is 0. The highest BCUT2D eigenvalue weighted by molar-refractivity contribution is 6.32. The second kappa shape index (κ2) is 4.21. The molecule has 0 aliphatic carbocycles. The van der Waals surface area contributed by atoms with Crippen LogP contribution in [0.1, 0.15) is 11.3 Å². The Labute approximate surface area is 94.1 Å².